The molecule has 0 aliphatic carbocycles. The molecule has 0 atom stereocenters. The number of nitro groups is 1. The Labute approximate surface area is 193 Å². The van der Waals surface area contributed by atoms with E-state index in [9.17, 15) is 28.1 Å². The Bertz CT molecular complexity index is 1310. The van der Waals surface area contributed by atoms with Crippen molar-refractivity contribution in [3.8, 4) is 0 Å². The van der Waals surface area contributed by atoms with Crippen molar-refractivity contribution in [3.63, 3.8) is 0 Å². The van der Waals surface area contributed by atoms with Crippen molar-refractivity contribution in [2.45, 2.75) is 4.90 Å². The summed E-state index contributed by atoms with van der Waals surface area (Å²) < 4.78 is 32.6. The Kier molecular flexibility index (Phi) is 7.26. The summed E-state index contributed by atoms with van der Waals surface area (Å²) in [6.07, 6.45) is 0. The van der Waals surface area contributed by atoms with E-state index in [-0.39, 0.29) is 16.1 Å². The molecule has 3 aromatic rings. The van der Waals surface area contributed by atoms with E-state index < -0.39 is 39.1 Å². The van der Waals surface area contributed by atoms with Gasteiger partial charge in [-0.25, -0.2) is 13.2 Å². The lowest BCUT2D eigenvalue weighted by molar-refractivity contribution is -0.385. The number of anilines is 2. The molecule has 0 heterocycles. The first-order valence-corrected chi connectivity index (χ1v) is 11.1. The van der Waals surface area contributed by atoms with E-state index in [2.05, 4.69) is 10.0 Å². The Morgan fingerprint density at radius 3 is 2.39 bits per heavy atom. The van der Waals surface area contributed by atoms with E-state index in [1.165, 1.54) is 36.4 Å². The Morgan fingerprint density at radius 1 is 1.00 bits per heavy atom. The van der Waals surface area contributed by atoms with E-state index >= 15 is 0 Å². The lowest BCUT2D eigenvalue weighted by Crippen LogP contribution is -2.22. The number of para-hydroxylation sites is 1. The van der Waals surface area contributed by atoms with Crippen LogP contribution < -0.4 is 10.0 Å². The zero-order valence-corrected chi connectivity index (χ0v) is 18.3. The van der Waals surface area contributed by atoms with Crippen LogP contribution in [0.2, 0.25) is 5.02 Å². The number of halogens is 1. The highest BCUT2D eigenvalue weighted by atomic mass is 35.5. The predicted octanol–water partition coefficient (Wildman–Crippen LogP) is 3.84. The largest absolute Gasteiger partial charge is 0.452 e. The van der Waals surface area contributed by atoms with E-state index in [1.54, 1.807) is 24.3 Å². The van der Waals surface area contributed by atoms with Crippen LogP contribution in [-0.4, -0.2) is 31.8 Å². The van der Waals surface area contributed by atoms with Crippen molar-refractivity contribution in [1.29, 1.82) is 0 Å². The highest BCUT2D eigenvalue weighted by Gasteiger charge is 2.21. The van der Waals surface area contributed by atoms with Gasteiger partial charge in [0, 0.05) is 22.8 Å². The molecular formula is C21H16ClN3O7S. The smallest absolute Gasteiger partial charge is 0.340 e. The van der Waals surface area contributed by atoms with Crippen LogP contribution in [0.4, 0.5) is 17.1 Å². The fourth-order valence-electron chi connectivity index (χ4n) is 2.66. The SMILES string of the molecule is O=C(COC(=O)c1ccccc1NS(=O)(=O)c1cccc([N+](=O)[O-])c1)Nc1ccc(Cl)cc1. The first-order valence-electron chi connectivity index (χ1n) is 9.24. The van der Waals surface area contributed by atoms with Gasteiger partial charge in [0.15, 0.2) is 6.61 Å². The molecule has 0 aliphatic rings. The zero-order chi connectivity index (χ0) is 24.0. The maximum atomic E-state index is 12.7. The molecular weight excluding hydrogens is 474 g/mol. The number of carbonyl (C=O) groups is 2. The number of benzene rings is 3. The predicted molar refractivity (Wildman–Crippen MR) is 121 cm³/mol. The average molecular weight is 490 g/mol. The maximum Gasteiger partial charge on any atom is 0.340 e. The van der Waals surface area contributed by atoms with Gasteiger partial charge in [0.2, 0.25) is 0 Å². The van der Waals surface area contributed by atoms with E-state index in [0.717, 1.165) is 12.1 Å². The summed E-state index contributed by atoms with van der Waals surface area (Å²) in [6.45, 7) is -0.618. The first-order chi connectivity index (χ1) is 15.7. The molecule has 3 rings (SSSR count). The summed E-state index contributed by atoms with van der Waals surface area (Å²) in [5.41, 5.74) is -0.222. The average Bonchev–Trinajstić information content (AvgIpc) is 2.79. The fraction of sp³-hybridized carbons (Fsp3) is 0.0476. The van der Waals surface area contributed by atoms with Gasteiger partial charge in [0.05, 0.1) is 21.1 Å². The highest BCUT2D eigenvalue weighted by Crippen LogP contribution is 2.23. The summed E-state index contributed by atoms with van der Waals surface area (Å²) in [7, 11) is -4.25. The van der Waals surface area contributed by atoms with Crippen LogP contribution in [0.1, 0.15) is 10.4 Å². The standard InChI is InChI=1S/C21H16ClN3O7S/c22-14-8-10-15(11-9-14)23-20(26)13-32-21(27)18-6-1-2-7-19(18)24-33(30,31)17-5-3-4-16(12-17)25(28)29/h1-12,24H,13H2,(H,23,26). The van der Waals surface area contributed by atoms with Crippen molar-refractivity contribution < 1.29 is 27.7 Å². The number of carbonyl (C=O) groups excluding carboxylic acids is 2. The number of esters is 1. The zero-order valence-electron chi connectivity index (χ0n) is 16.7. The normalized spacial score (nSPS) is 10.8. The van der Waals surface area contributed by atoms with Crippen LogP contribution in [0.15, 0.2) is 77.7 Å². The number of ether oxygens (including phenoxy) is 1. The van der Waals surface area contributed by atoms with Gasteiger partial charge in [0.25, 0.3) is 21.6 Å². The van der Waals surface area contributed by atoms with Crippen molar-refractivity contribution >= 4 is 50.6 Å². The molecule has 2 N–H and O–H groups in total. The molecule has 0 saturated heterocycles. The molecule has 1 amide bonds. The minimum atomic E-state index is -4.25. The van der Waals surface area contributed by atoms with Gasteiger partial charge < -0.3 is 10.1 Å². The number of amides is 1. The second kappa shape index (κ2) is 10.1. The van der Waals surface area contributed by atoms with Gasteiger partial charge in [-0.2, -0.15) is 0 Å². The second-order valence-electron chi connectivity index (χ2n) is 6.54. The number of hydrogen-bond donors (Lipinski definition) is 2. The van der Waals surface area contributed by atoms with Gasteiger partial charge >= 0.3 is 5.97 Å². The molecule has 3 aromatic carbocycles. The molecule has 0 unspecified atom stereocenters. The topological polar surface area (TPSA) is 145 Å². The van der Waals surface area contributed by atoms with Crippen molar-refractivity contribution in [1.82, 2.24) is 0 Å². The van der Waals surface area contributed by atoms with Crippen LogP contribution in [0.5, 0.6) is 0 Å². The number of non-ortho nitro benzene ring substituents is 1. The van der Waals surface area contributed by atoms with Crippen LogP contribution in [0.3, 0.4) is 0 Å². The summed E-state index contributed by atoms with van der Waals surface area (Å²) in [5.74, 6) is -1.56. The number of nitro benzene ring substituents is 1. The summed E-state index contributed by atoms with van der Waals surface area (Å²) in [5, 5.41) is 13.9. The Balaban J connectivity index is 1.71. The molecule has 10 nitrogen and oxygen atoms in total. The minimum Gasteiger partial charge on any atom is -0.452 e. The van der Waals surface area contributed by atoms with Crippen LogP contribution in [-0.2, 0) is 19.6 Å². The lowest BCUT2D eigenvalue weighted by atomic mass is 10.2. The molecule has 0 bridgehead atoms. The minimum absolute atomic E-state index is 0.118. The van der Waals surface area contributed by atoms with E-state index in [4.69, 9.17) is 16.3 Å². The van der Waals surface area contributed by atoms with Crippen molar-refractivity contribution in [2.75, 3.05) is 16.6 Å². The van der Waals surface area contributed by atoms with Gasteiger partial charge in [-0.3, -0.25) is 19.6 Å². The maximum absolute atomic E-state index is 12.7. The van der Waals surface area contributed by atoms with E-state index in [1.807, 2.05) is 0 Å². The molecule has 0 radical (unpaired) electrons. The molecule has 33 heavy (non-hydrogen) atoms. The highest BCUT2D eigenvalue weighted by molar-refractivity contribution is 7.92. The Hall–Kier alpha value is -3.96. The second-order valence-corrected chi connectivity index (χ2v) is 8.66. The molecule has 0 spiro atoms. The number of sulfonamides is 1. The molecule has 0 fully saturated rings. The summed E-state index contributed by atoms with van der Waals surface area (Å²) >= 11 is 5.78. The molecule has 0 aliphatic heterocycles. The lowest BCUT2D eigenvalue weighted by Gasteiger charge is -2.12. The summed E-state index contributed by atoms with van der Waals surface area (Å²) in [4.78, 5) is 34.4. The number of nitrogens with one attached hydrogen (secondary N) is 2. The van der Waals surface area contributed by atoms with E-state index in [0.29, 0.717) is 10.7 Å². The third-order valence-electron chi connectivity index (χ3n) is 4.19. The fourth-order valence-corrected chi connectivity index (χ4v) is 3.90. The van der Waals surface area contributed by atoms with Gasteiger partial charge in [-0.15, -0.1) is 0 Å². The quantitative estimate of drug-likeness (QED) is 0.277. The molecule has 0 aromatic heterocycles. The molecule has 12 heteroatoms. The van der Waals surface area contributed by atoms with Gasteiger partial charge in [-0.05, 0) is 42.5 Å². The van der Waals surface area contributed by atoms with Crippen molar-refractivity contribution in [3.05, 3.63) is 93.5 Å². The molecule has 170 valence electrons. The van der Waals surface area contributed by atoms with Gasteiger partial charge in [-0.1, -0.05) is 29.8 Å². The summed E-state index contributed by atoms with van der Waals surface area (Å²) in [6, 6.07) is 16.3. The monoisotopic (exact) mass is 489 g/mol. The van der Waals surface area contributed by atoms with Crippen molar-refractivity contribution in [2.24, 2.45) is 0 Å². The van der Waals surface area contributed by atoms with Crippen LogP contribution in [0.25, 0.3) is 0 Å². The first kappa shape index (κ1) is 23.7. The van der Waals surface area contributed by atoms with Crippen LogP contribution >= 0.6 is 11.6 Å². The molecule has 0 saturated carbocycles. The number of hydrogen-bond acceptors (Lipinski definition) is 7. The third-order valence-corrected chi connectivity index (χ3v) is 5.81. The Morgan fingerprint density at radius 2 is 1.70 bits per heavy atom. The number of nitrogens with zero attached hydrogens (tertiary/aromatic N) is 1. The number of rotatable bonds is 8. The third kappa shape index (κ3) is 6.28. The van der Waals surface area contributed by atoms with Crippen LogP contribution in [0, 0.1) is 10.1 Å². The van der Waals surface area contributed by atoms with Gasteiger partial charge in [0.1, 0.15) is 0 Å².